The topological polar surface area (TPSA) is 92.3 Å². The van der Waals surface area contributed by atoms with Gasteiger partial charge in [0.05, 0.1) is 23.1 Å². The highest BCUT2D eigenvalue weighted by atomic mass is 19.4. The van der Waals surface area contributed by atoms with Crippen molar-refractivity contribution in [1.82, 2.24) is 9.80 Å². The molecule has 2 aromatic carbocycles. The summed E-state index contributed by atoms with van der Waals surface area (Å²) in [7, 11) is 1.66. The van der Waals surface area contributed by atoms with Crippen LogP contribution in [0.4, 0.5) is 37.7 Å². The lowest BCUT2D eigenvalue weighted by Gasteiger charge is -2.37. The molecule has 1 saturated heterocycles. The normalized spacial score (nSPS) is 20.0. The summed E-state index contributed by atoms with van der Waals surface area (Å²) in [4.78, 5) is 28.3. The van der Waals surface area contributed by atoms with Crippen LogP contribution in [0.25, 0.3) is 11.0 Å². The Morgan fingerprint density at radius 2 is 1.67 bits per heavy atom. The Morgan fingerprint density at radius 1 is 0.978 bits per heavy atom. The molecule has 9 nitrogen and oxygen atoms in total. The fraction of sp³-hybridized carbons (Fsp3) is 0.500. The first-order chi connectivity index (χ1) is 21.2. The van der Waals surface area contributed by atoms with Crippen molar-refractivity contribution in [2.45, 2.75) is 56.7 Å². The molecule has 0 bridgehead atoms. The van der Waals surface area contributed by atoms with Crippen LogP contribution in [0.1, 0.15) is 42.6 Å². The van der Waals surface area contributed by atoms with Crippen molar-refractivity contribution in [2.24, 2.45) is 0 Å². The molecule has 1 aliphatic heterocycles. The van der Waals surface area contributed by atoms with E-state index in [2.05, 4.69) is 4.90 Å². The Labute approximate surface area is 254 Å². The number of hydrogen-bond acceptors (Lipinski definition) is 7. The fourth-order valence-corrected chi connectivity index (χ4v) is 5.95. The molecule has 3 aromatic rings. The number of nitrogens with zero attached hydrogens (tertiary/aromatic N) is 4. The average Bonchev–Trinajstić information content (AvgIpc) is 3.40. The van der Waals surface area contributed by atoms with Gasteiger partial charge in [0.2, 0.25) is 5.91 Å². The molecule has 1 aromatic heterocycles. The van der Waals surface area contributed by atoms with E-state index in [1.807, 2.05) is 0 Å². The first-order valence-corrected chi connectivity index (χ1v) is 14.5. The van der Waals surface area contributed by atoms with E-state index in [0.29, 0.717) is 75.1 Å². The van der Waals surface area contributed by atoms with Gasteiger partial charge in [-0.15, -0.1) is 0 Å². The van der Waals surface area contributed by atoms with Crippen molar-refractivity contribution in [1.29, 1.82) is 0 Å². The van der Waals surface area contributed by atoms with Crippen molar-refractivity contribution in [3.05, 3.63) is 69.5 Å². The average molecular weight is 643 g/mol. The molecule has 1 amide bonds. The molecule has 15 heteroatoms. The van der Waals surface area contributed by atoms with Crippen molar-refractivity contribution in [2.75, 3.05) is 44.7 Å². The smallest absolute Gasteiger partial charge is 0.423 e. The molecule has 2 fully saturated rings. The van der Waals surface area contributed by atoms with Gasteiger partial charge in [0.15, 0.2) is 0 Å². The molecule has 2 aliphatic rings. The van der Waals surface area contributed by atoms with Gasteiger partial charge in [0, 0.05) is 56.4 Å². The molecule has 0 atom stereocenters. The number of halogens is 6. The molecule has 0 radical (unpaired) electrons. The van der Waals surface area contributed by atoms with E-state index < -0.39 is 34.1 Å². The number of fused-ring (bicyclic) bond motifs is 1. The lowest BCUT2D eigenvalue weighted by Crippen LogP contribution is -2.49. The van der Waals surface area contributed by atoms with Crippen LogP contribution in [0.15, 0.2) is 46.9 Å². The van der Waals surface area contributed by atoms with Crippen molar-refractivity contribution in [3.63, 3.8) is 0 Å². The van der Waals surface area contributed by atoms with Crippen molar-refractivity contribution >= 4 is 28.3 Å². The molecule has 45 heavy (non-hydrogen) atoms. The van der Waals surface area contributed by atoms with Gasteiger partial charge in [0.1, 0.15) is 23.5 Å². The molecular weight excluding hydrogens is 610 g/mol. The first-order valence-electron chi connectivity index (χ1n) is 14.5. The first kappa shape index (κ1) is 32.5. The summed E-state index contributed by atoms with van der Waals surface area (Å²) in [6, 6.07) is 7.89. The zero-order chi connectivity index (χ0) is 32.5. The molecular formula is C30H32F6N4O5. The molecule has 1 saturated carbocycles. The maximum Gasteiger partial charge on any atom is 0.423 e. The summed E-state index contributed by atoms with van der Waals surface area (Å²) in [6.07, 6.45) is -7.01. The summed E-state index contributed by atoms with van der Waals surface area (Å²) < 4.78 is 90.8. The summed E-state index contributed by atoms with van der Waals surface area (Å²) in [5.74, 6) is 0.394. The molecule has 244 valence electrons. The third-order valence-corrected chi connectivity index (χ3v) is 8.52. The number of anilines is 1. The monoisotopic (exact) mass is 642 g/mol. The zero-order valence-electron chi connectivity index (χ0n) is 24.4. The lowest BCUT2D eigenvalue weighted by molar-refractivity contribution is -0.388. The lowest BCUT2D eigenvalue weighted by atomic mass is 9.91. The van der Waals surface area contributed by atoms with Crippen LogP contribution in [0.2, 0.25) is 0 Å². The van der Waals surface area contributed by atoms with Crippen molar-refractivity contribution < 1.29 is 45.2 Å². The van der Waals surface area contributed by atoms with Gasteiger partial charge in [-0.05, 0) is 62.1 Å². The maximum absolute atomic E-state index is 13.4. The minimum atomic E-state index is -4.86. The van der Waals surface area contributed by atoms with E-state index in [0.717, 1.165) is 24.3 Å². The van der Waals surface area contributed by atoms with Crippen LogP contribution in [-0.2, 0) is 28.4 Å². The third kappa shape index (κ3) is 7.69. The predicted molar refractivity (Wildman–Crippen MR) is 152 cm³/mol. The Hall–Kier alpha value is -3.85. The number of carbonyl (C=O) groups is 1. The molecule has 0 spiro atoms. The standard InChI is InChI=1S/C30H32F6N4O5/c1-37(22-5-8-26(40(42)43)25(16-22)30(34,35)36)21-3-6-23(7-4-21)44-18-28(41)39-12-10-38(11-13-39)17-24-15-19-14-20(29(31,32)33)2-9-27(19)45-24/h2,5,8-9,14-16,21,23H,3-4,6-7,10-13,17-18H2,1H3. The highest BCUT2D eigenvalue weighted by Gasteiger charge is 2.39. The number of carbonyl (C=O) groups excluding carboxylic acids is 1. The molecule has 5 rings (SSSR count). The van der Waals surface area contributed by atoms with E-state index in [-0.39, 0.29) is 30.3 Å². The number of hydrogen-bond donors (Lipinski definition) is 0. The van der Waals surface area contributed by atoms with Gasteiger partial charge in [-0.25, -0.2) is 0 Å². The minimum Gasteiger partial charge on any atom is -0.460 e. The number of ether oxygens (including phenoxy) is 1. The number of rotatable bonds is 8. The van der Waals surface area contributed by atoms with Crippen LogP contribution in [0.3, 0.4) is 0 Å². The highest BCUT2D eigenvalue weighted by molar-refractivity contribution is 5.79. The van der Waals surface area contributed by atoms with E-state index in [1.54, 1.807) is 22.9 Å². The SMILES string of the molecule is CN(c1ccc([N+](=O)[O-])c(C(F)(F)F)c1)C1CCC(OCC(=O)N2CCN(Cc3cc4cc(C(F)(F)F)ccc4o3)CC2)CC1. The Kier molecular flexibility index (Phi) is 9.31. The largest absolute Gasteiger partial charge is 0.460 e. The number of nitro benzene ring substituents is 1. The summed E-state index contributed by atoms with van der Waals surface area (Å²) in [5, 5.41) is 11.4. The van der Waals surface area contributed by atoms with Gasteiger partial charge >= 0.3 is 12.4 Å². The second-order valence-electron chi connectivity index (χ2n) is 11.4. The summed E-state index contributed by atoms with van der Waals surface area (Å²) in [6.45, 7) is 2.37. The Morgan fingerprint density at radius 3 is 2.29 bits per heavy atom. The number of amides is 1. The molecule has 0 N–H and O–H groups in total. The van der Waals surface area contributed by atoms with E-state index in [9.17, 15) is 41.3 Å². The quantitative estimate of drug-likeness (QED) is 0.158. The fourth-order valence-electron chi connectivity index (χ4n) is 5.95. The molecule has 0 unspecified atom stereocenters. The number of alkyl halides is 6. The Bertz CT molecular complexity index is 1530. The van der Waals surface area contributed by atoms with Crippen LogP contribution >= 0.6 is 0 Å². The molecule has 1 aliphatic carbocycles. The third-order valence-electron chi connectivity index (χ3n) is 8.52. The van der Waals surface area contributed by atoms with Crippen LogP contribution < -0.4 is 4.90 Å². The Balaban J connectivity index is 1.05. The van der Waals surface area contributed by atoms with Crippen molar-refractivity contribution in [3.8, 4) is 0 Å². The predicted octanol–water partition coefficient (Wildman–Crippen LogP) is 6.49. The second kappa shape index (κ2) is 12.9. The van der Waals surface area contributed by atoms with E-state index >= 15 is 0 Å². The summed E-state index contributed by atoms with van der Waals surface area (Å²) in [5.41, 5.74) is -2.39. The summed E-state index contributed by atoms with van der Waals surface area (Å²) >= 11 is 0. The van der Waals surface area contributed by atoms with E-state index in [4.69, 9.17) is 9.15 Å². The second-order valence-corrected chi connectivity index (χ2v) is 11.4. The number of benzene rings is 2. The van der Waals surface area contributed by atoms with Gasteiger partial charge in [-0.1, -0.05) is 0 Å². The van der Waals surface area contributed by atoms with Gasteiger partial charge in [-0.2, -0.15) is 26.3 Å². The van der Waals surface area contributed by atoms with Gasteiger partial charge < -0.3 is 19.0 Å². The van der Waals surface area contributed by atoms with E-state index in [1.165, 1.54) is 12.1 Å². The van der Waals surface area contributed by atoms with Gasteiger partial charge in [-0.3, -0.25) is 19.8 Å². The van der Waals surface area contributed by atoms with Crippen LogP contribution in [0, 0.1) is 10.1 Å². The number of nitro groups is 1. The zero-order valence-corrected chi connectivity index (χ0v) is 24.4. The molecule has 2 heterocycles. The van der Waals surface area contributed by atoms with Crippen LogP contribution in [-0.4, -0.2) is 72.6 Å². The van der Waals surface area contributed by atoms with Crippen LogP contribution in [0.5, 0.6) is 0 Å². The number of piperazine rings is 1. The number of furan rings is 1. The van der Waals surface area contributed by atoms with Gasteiger partial charge in [0.25, 0.3) is 5.69 Å². The highest BCUT2D eigenvalue weighted by Crippen LogP contribution is 2.39. The maximum atomic E-state index is 13.4. The minimum absolute atomic E-state index is 0.0883.